The number of oxime groups is 1. The van der Waals surface area contributed by atoms with E-state index < -0.39 is 11.8 Å². The smallest absolute Gasteiger partial charge is 0.260 e. The Hall–Kier alpha value is -1.65. The first-order valence-corrected chi connectivity index (χ1v) is 3.40. The minimum Gasteiger partial charge on any atom is -0.409 e. The Morgan fingerprint density at radius 2 is 2.50 bits per heavy atom. The van der Waals surface area contributed by atoms with Gasteiger partial charge in [0.25, 0.3) is 5.91 Å². The normalized spacial score (nSPS) is 24.1. The van der Waals surface area contributed by atoms with Crippen LogP contribution in [0, 0.1) is 5.92 Å². The summed E-state index contributed by atoms with van der Waals surface area (Å²) >= 11 is 0. The number of nitrogens with zero attached hydrogens (tertiary/aromatic N) is 2. The fourth-order valence-electron chi connectivity index (χ4n) is 0.886. The van der Waals surface area contributed by atoms with Gasteiger partial charge < -0.3 is 10.9 Å². The second-order valence-electron chi connectivity index (χ2n) is 2.45. The highest BCUT2D eigenvalue weighted by Crippen LogP contribution is 2.08. The first-order chi connectivity index (χ1) is 5.65. The van der Waals surface area contributed by atoms with Crippen LogP contribution in [0.5, 0.6) is 0 Å². The number of nitrogens with two attached hydrogens (primary N) is 1. The molecule has 0 saturated carbocycles. The van der Waals surface area contributed by atoms with E-state index in [9.17, 15) is 4.79 Å². The summed E-state index contributed by atoms with van der Waals surface area (Å²) in [5.41, 5.74) is 5.87. The molecule has 64 valence electrons. The van der Waals surface area contributed by atoms with E-state index in [4.69, 9.17) is 10.9 Å². The standard InChI is InChI=1S/C7H9N3O2/c1-4-2-3-5(6(8)10-12)7(11)9-4/h2-3,5,12H,1H3,(H2,8,10). The van der Waals surface area contributed by atoms with Crippen molar-refractivity contribution in [3.05, 3.63) is 12.2 Å². The van der Waals surface area contributed by atoms with E-state index in [1.165, 1.54) is 0 Å². The van der Waals surface area contributed by atoms with Crippen LogP contribution in [0.15, 0.2) is 22.3 Å². The Kier molecular flexibility index (Phi) is 2.23. The molecule has 0 aromatic heterocycles. The lowest BCUT2D eigenvalue weighted by atomic mass is 10.0. The zero-order valence-electron chi connectivity index (χ0n) is 6.56. The van der Waals surface area contributed by atoms with E-state index in [1.54, 1.807) is 19.1 Å². The number of dihydropyridines is 1. The van der Waals surface area contributed by atoms with Crippen LogP contribution in [0.4, 0.5) is 0 Å². The van der Waals surface area contributed by atoms with Crippen molar-refractivity contribution in [2.45, 2.75) is 6.92 Å². The number of hydrogen-bond acceptors (Lipinski definition) is 3. The van der Waals surface area contributed by atoms with Crippen molar-refractivity contribution in [1.29, 1.82) is 0 Å². The Morgan fingerprint density at radius 3 is 3.00 bits per heavy atom. The van der Waals surface area contributed by atoms with Crippen LogP contribution in [-0.2, 0) is 4.79 Å². The molecule has 0 bridgehead atoms. The van der Waals surface area contributed by atoms with Gasteiger partial charge in [0, 0.05) is 5.71 Å². The van der Waals surface area contributed by atoms with Crippen LogP contribution in [0.25, 0.3) is 0 Å². The van der Waals surface area contributed by atoms with Crippen LogP contribution in [0.3, 0.4) is 0 Å². The summed E-state index contributed by atoms with van der Waals surface area (Å²) in [6.07, 6.45) is 3.21. The second kappa shape index (κ2) is 3.17. The molecule has 0 spiro atoms. The van der Waals surface area contributed by atoms with E-state index in [1.807, 2.05) is 0 Å². The van der Waals surface area contributed by atoms with E-state index >= 15 is 0 Å². The molecule has 1 rings (SSSR count). The highest BCUT2D eigenvalue weighted by Gasteiger charge is 2.22. The Balaban J connectivity index is 2.87. The second-order valence-corrected chi connectivity index (χ2v) is 2.45. The predicted octanol–water partition coefficient (Wildman–Crippen LogP) is -0.0937. The van der Waals surface area contributed by atoms with Crippen molar-refractivity contribution >= 4 is 17.5 Å². The summed E-state index contributed by atoms with van der Waals surface area (Å²) in [6.45, 7) is 1.71. The molecule has 0 saturated heterocycles. The number of amidine groups is 1. The van der Waals surface area contributed by atoms with Gasteiger partial charge in [-0.2, -0.15) is 0 Å². The summed E-state index contributed by atoms with van der Waals surface area (Å²) in [4.78, 5) is 14.7. The number of carbonyl (C=O) groups is 1. The maximum Gasteiger partial charge on any atom is 0.260 e. The molecule has 0 aromatic carbocycles. The van der Waals surface area contributed by atoms with Gasteiger partial charge in [0.2, 0.25) is 0 Å². The summed E-state index contributed by atoms with van der Waals surface area (Å²) in [5.74, 6) is -1.24. The molecule has 5 nitrogen and oxygen atoms in total. The highest BCUT2D eigenvalue weighted by atomic mass is 16.4. The van der Waals surface area contributed by atoms with E-state index in [2.05, 4.69) is 10.1 Å². The van der Waals surface area contributed by atoms with Crippen molar-refractivity contribution in [3.63, 3.8) is 0 Å². The number of aliphatic imine (C=N–C) groups is 1. The average Bonchev–Trinajstić information content (AvgIpc) is 2.03. The van der Waals surface area contributed by atoms with Crippen molar-refractivity contribution < 1.29 is 10.0 Å². The van der Waals surface area contributed by atoms with Gasteiger partial charge in [-0.25, -0.2) is 4.99 Å². The molecule has 1 atom stereocenters. The van der Waals surface area contributed by atoms with Crippen molar-refractivity contribution in [2.75, 3.05) is 0 Å². The molecule has 1 heterocycles. The average molecular weight is 167 g/mol. The van der Waals surface area contributed by atoms with Crippen molar-refractivity contribution in [2.24, 2.45) is 21.8 Å². The van der Waals surface area contributed by atoms with Gasteiger partial charge in [0.15, 0.2) is 5.84 Å². The third kappa shape index (κ3) is 1.50. The topological polar surface area (TPSA) is 88.0 Å². The van der Waals surface area contributed by atoms with Gasteiger partial charge in [0.05, 0.1) is 0 Å². The van der Waals surface area contributed by atoms with Crippen LogP contribution in [-0.4, -0.2) is 22.7 Å². The zero-order chi connectivity index (χ0) is 9.14. The maximum atomic E-state index is 11.1. The fraction of sp³-hybridized carbons (Fsp3) is 0.286. The molecule has 0 aliphatic carbocycles. The van der Waals surface area contributed by atoms with Gasteiger partial charge >= 0.3 is 0 Å². The maximum absolute atomic E-state index is 11.1. The van der Waals surface area contributed by atoms with Crippen molar-refractivity contribution in [3.8, 4) is 0 Å². The molecule has 5 heteroatoms. The van der Waals surface area contributed by atoms with E-state index in [0.29, 0.717) is 5.71 Å². The number of hydrogen-bond donors (Lipinski definition) is 2. The lowest BCUT2D eigenvalue weighted by Gasteiger charge is -2.10. The lowest BCUT2D eigenvalue weighted by Crippen LogP contribution is -2.30. The van der Waals surface area contributed by atoms with E-state index in [-0.39, 0.29) is 5.84 Å². The largest absolute Gasteiger partial charge is 0.409 e. The van der Waals surface area contributed by atoms with Gasteiger partial charge in [-0.3, -0.25) is 4.79 Å². The zero-order valence-corrected chi connectivity index (χ0v) is 6.56. The number of allylic oxidation sites excluding steroid dienone is 1. The first kappa shape index (κ1) is 8.45. The quantitative estimate of drug-likeness (QED) is 0.247. The summed E-state index contributed by atoms with van der Waals surface area (Å²) < 4.78 is 0. The molecule has 1 unspecified atom stereocenters. The number of amides is 1. The molecular weight excluding hydrogens is 158 g/mol. The van der Waals surface area contributed by atoms with Gasteiger partial charge in [-0.15, -0.1) is 0 Å². The first-order valence-electron chi connectivity index (χ1n) is 3.40. The lowest BCUT2D eigenvalue weighted by molar-refractivity contribution is -0.118. The third-order valence-electron chi connectivity index (χ3n) is 1.52. The molecule has 1 aliphatic rings. The van der Waals surface area contributed by atoms with Gasteiger partial charge in [-0.1, -0.05) is 11.2 Å². The molecule has 12 heavy (non-hydrogen) atoms. The summed E-state index contributed by atoms with van der Waals surface area (Å²) in [6, 6.07) is 0. The highest BCUT2D eigenvalue weighted by molar-refractivity contribution is 6.13. The Morgan fingerprint density at radius 1 is 1.83 bits per heavy atom. The van der Waals surface area contributed by atoms with Gasteiger partial charge in [0.1, 0.15) is 5.92 Å². The molecule has 3 N–H and O–H groups in total. The molecular formula is C7H9N3O2. The van der Waals surface area contributed by atoms with Crippen LogP contribution >= 0.6 is 0 Å². The van der Waals surface area contributed by atoms with Gasteiger partial charge in [-0.05, 0) is 13.0 Å². The van der Waals surface area contributed by atoms with E-state index in [0.717, 1.165) is 0 Å². The monoisotopic (exact) mass is 167 g/mol. The summed E-state index contributed by atoms with van der Waals surface area (Å²) in [5, 5.41) is 11.0. The van der Waals surface area contributed by atoms with Crippen LogP contribution in [0.2, 0.25) is 0 Å². The van der Waals surface area contributed by atoms with Crippen LogP contribution in [0.1, 0.15) is 6.92 Å². The molecule has 0 radical (unpaired) electrons. The minimum atomic E-state index is -0.710. The molecule has 1 amide bonds. The number of carbonyl (C=O) groups excluding carboxylic acids is 1. The SMILES string of the molecule is CC1=NC(=O)C(/C(N)=N/O)C=C1. The Labute approximate surface area is 69.3 Å². The van der Waals surface area contributed by atoms with Crippen LogP contribution < -0.4 is 5.73 Å². The van der Waals surface area contributed by atoms with Crippen molar-refractivity contribution in [1.82, 2.24) is 0 Å². The minimum absolute atomic E-state index is 0.132. The Bertz CT molecular complexity index is 291. The fourth-order valence-corrected chi connectivity index (χ4v) is 0.886. The third-order valence-corrected chi connectivity index (χ3v) is 1.52. The molecule has 0 aromatic rings. The summed E-state index contributed by atoms with van der Waals surface area (Å²) in [7, 11) is 0. The molecule has 1 aliphatic heterocycles. The molecule has 0 fully saturated rings. The predicted molar refractivity (Wildman–Crippen MR) is 44.2 cm³/mol. The number of rotatable bonds is 1.